The molecule has 6 atom stereocenters. The van der Waals surface area contributed by atoms with E-state index in [0.717, 1.165) is 45.4 Å². The van der Waals surface area contributed by atoms with Crippen LogP contribution in [0.2, 0.25) is 0 Å². The number of phosphoric acid groups is 2. The molecule has 602 valence electrons. The van der Waals surface area contributed by atoms with Gasteiger partial charge in [0.1, 0.15) is 29.5 Å². The van der Waals surface area contributed by atoms with Gasteiger partial charge in [-0.3, -0.25) is 48.6 Å². The summed E-state index contributed by atoms with van der Waals surface area (Å²) < 4.78 is 207. The van der Waals surface area contributed by atoms with Gasteiger partial charge in [-0.25, -0.2) is 42.4 Å². The number of Topliss-reactive ketones (excluding diaryl/α,β-unsaturated/α-hetero) is 1. The molecular weight excluding hydrogens is 1520 g/mol. The maximum atomic E-state index is 16.9. The van der Waals surface area contributed by atoms with Crippen LogP contribution in [0.4, 0.5) is 54.6 Å². The molecule has 0 spiro atoms. The fourth-order valence-electron chi connectivity index (χ4n) is 13.4. The number of ether oxygens (including phenoxy) is 4. The van der Waals surface area contributed by atoms with Crippen LogP contribution in [0, 0.1) is 53.1 Å². The lowest BCUT2D eigenvalue weighted by atomic mass is 9.75. The van der Waals surface area contributed by atoms with E-state index < -0.39 is 203 Å². The molecule has 5 heterocycles. The van der Waals surface area contributed by atoms with E-state index >= 15 is 44.7 Å². The largest absolute Gasteiger partial charge is 0.524 e. The second kappa shape index (κ2) is 35.4. The number of anilines is 1. The first-order valence-electron chi connectivity index (χ1n) is 34.2. The van der Waals surface area contributed by atoms with Crippen molar-refractivity contribution in [2.24, 2.45) is 22.7 Å². The number of ketones is 1. The lowest BCUT2D eigenvalue weighted by Gasteiger charge is -2.47. The van der Waals surface area contributed by atoms with Gasteiger partial charge in [0.05, 0.1) is 93.9 Å². The number of nitrogens with zero attached hydrogens (tertiary/aromatic N) is 7. The Morgan fingerprint density at radius 2 is 1.38 bits per heavy atom. The first kappa shape index (κ1) is 87.0. The predicted octanol–water partition coefficient (Wildman–Crippen LogP) is 9.02. The van der Waals surface area contributed by atoms with Gasteiger partial charge >= 0.3 is 52.6 Å². The Bertz CT molecular complexity index is 4280. The van der Waals surface area contributed by atoms with E-state index in [2.05, 4.69) is 61.4 Å². The summed E-state index contributed by atoms with van der Waals surface area (Å²) in [7, 11) is -9.05. The quantitative estimate of drug-likeness (QED) is 0.00391. The molecule has 3 fully saturated rings. The third-order valence-corrected chi connectivity index (χ3v) is 20.4. The number of esters is 2. The molecule has 2 unspecified atom stereocenters. The van der Waals surface area contributed by atoms with Gasteiger partial charge in [0.25, 0.3) is 0 Å². The van der Waals surface area contributed by atoms with Gasteiger partial charge in [-0.2, -0.15) is 40.2 Å². The van der Waals surface area contributed by atoms with E-state index in [1.165, 1.54) is 63.5 Å². The second-order valence-electron chi connectivity index (χ2n) is 28.7. The van der Waals surface area contributed by atoms with E-state index in [0.29, 0.717) is 106 Å². The Labute approximate surface area is 625 Å². The van der Waals surface area contributed by atoms with Gasteiger partial charge in [-0.1, -0.05) is 57.7 Å². The van der Waals surface area contributed by atoms with Crippen molar-refractivity contribution in [2.75, 3.05) is 65.1 Å². The number of phosphoric ester groups is 2. The van der Waals surface area contributed by atoms with Crippen molar-refractivity contribution in [3.63, 3.8) is 0 Å². The predicted molar refractivity (Wildman–Crippen MR) is 369 cm³/mol. The number of methoxy groups -OCH3 is 2. The van der Waals surface area contributed by atoms with Crippen LogP contribution in [-0.2, 0) is 81.4 Å². The van der Waals surface area contributed by atoms with E-state index in [9.17, 15) is 56.7 Å². The van der Waals surface area contributed by atoms with Gasteiger partial charge in [0.15, 0.2) is 5.78 Å². The number of alkyl carbamates (subject to hydrolysis) is 1. The highest BCUT2D eigenvalue weighted by molar-refractivity contribution is 7.46. The summed E-state index contributed by atoms with van der Waals surface area (Å²) in [5, 5.41) is 8.37. The van der Waals surface area contributed by atoms with Crippen molar-refractivity contribution in [1.82, 2.24) is 45.7 Å². The average Bonchev–Trinajstić information content (AvgIpc) is 1.66. The highest BCUT2D eigenvalue weighted by atomic mass is 31.2. The number of hydrogen-bond acceptors (Lipinski definition) is 20. The van der Waals surface area contributed by atoms with Gasteiger partial charge in [0, 0.05) is 96.9 Å². The molecule has 0 saturated carbocycles. The third kappa shape index (κ3) is 22.6. The smallest absolute Gasteiger partial charge is 0.469 e. The minimum absolute atomic E-state index is 0.114. The van der Waals surface area contributed by atoms with Crippen LogP contribution in [0.3, 0.4) is 0 Å². The molecule has 5 aromatic rings. The SMILES string of the molecule is COC(=O)C[C@H](C(=O)NN(Cc1c(F)cc(-c2ccn(C(F)F)n2)cc1F)C[C@H](OC(=O)CC(C)(C)c1c(CC(=O)NCCOP(=O)(O)O)cc(C)cc1OP(=O)(O)O)[C@@H](CC(=O)[C@@H](NC(=O)OC)C(C)(C)C(F)(F)F)Cc1ccc(C#Cc2cnc(N3CC4CCC(C3)N4C3COC3)nc2)cc1)C(C)(C)C(F)(F)F. The van der Waals surface area contributed by atoms with E-state index in [1.807, 2.05) is 5.32 Å². The van der Waals surface area contributed by atoms with Crippen LogP contribution in [0.25, 0.3) is 11.3 Å². The van der Waals surface area contributed by atoms with Crippen molar-refractivity contribution in [3.05, 3.63) is 124 Å². The molecule has 28 nitrogen and oxygen atoms in total. The maximum Gasteiger partial charge on any atom is 0.524 e. The number of hydrazine groups is 1. The van der Waals surface area contributed by atoms with Crippen molar-refractivity contribution >= 4 is 57.2 Å². The van der Waals surface area contributed by atoms with Crippen LogP contribution < -0.4 is 25.5 Å². The Morgan fingerprint density at radius 3 is 1.92 bits per heavy atom. The molecule has 0 aliphatic carbocycles. The molecule has 2 bridgehead atoms. The minimum atomic E-state index is -5.58. The third-order valence-electron chi connectivity index (χ3n) is 19.4. The number of nitrogens with one attached hydrogen (secondary N) is 3. The van der Waals surface area contributed by atoms with Crippen molar-refractivity contribution < 1.29 is 129 Å². The zero-order valence-electron chi connectivity index (χ0n) is 61.0. The fourth-order valence-corrected chi connectivity index (χ4v) is 14.1. The monoisotopic (exact) mass is 1600 g/mol. The summed E-state index contributed by atoms with van der Waals surface area (Å²) in [6, 6.07) is 8.78. The number of halogens is 10. The van der Waals surface area contributed by atoms with Gasteiger partial charge in [-0.15, -0.1) is 0 Å². The van der Waals surface area contributed by atoms with Gasteiger partial charge in [-0.05, 0) is 93.1 Å². The van der Waals surface area contributed by atoms with Gasteiger partial charge in [0.2, 0.25) is 17.8 Å². The number of fused-ring (bicyclic) bond motifs is 2. The highest BCUT2D eigenvalue weighted by Crippen LogP contribution is 2.48. The standard InChI is InChI=1S/C70H84F10N10O18P2/c1-39-22-45(28-57(92)81-19-21-106-109(97,98)99)60(55(23-39)108-110(100,101)102)66(2,3)30-59(94)107-56(36-88(86-62(95)50(29-58(93)103-8)67(4,5)69(75,76)77)35-49-51(71)25-43(26-52(49)72)53-18-20-89(85-53)63(73)74)44(27-54(91)61(84-65(96)104-9)68(6,7)70(78,79)80)24-41-13-10-40(11-14-41)12-15-42-31-82-64(83-32-42)87-33-46-16-17-47(34-87)90(46)48-37-105-38-48/h10-11,13-14,18,20,22-23,25-26,31-32,44,46-48,50,56,61,63H,16-17,19,21,24,27-30,33-38H2,1-9H3,(H,81,92)(H,84,96)(H,86,95)(H2,97,98,99)(H2,100,101,102)/t44-,46?,47?,50-,56+,61-/m1/s1. The molecule has 0 radical (unpaired) electrons. The Morgan fingerprint density at radius 1 is 0.773 bits per heavy atom. The first-order chi connectivity index (χ1) is 51.2. The minimum Gasteiger partial charge on any atom is -0.469 e. The second-order valence-corrected chi connectivity index (χ2v) is 31.1. The molecule has 3 aliphatic heterocycles. The van der Waals surface area contributed by atoms with Crippen molar-refractivity contribution in [2.45, 2.75) is 155 Å². The first-order valence-corrected chi connectivity index (χ1v) is 37.3. The number of benzene rings is 3. The number of carbonyl (C=O) groups is 6. The molecule has 2 aromatic heterocycles. The van der Waals surface area contributed by atoms with Crippen LogP contribution in [0.5, 0.6) is 5.75 Å². The number of carbonyl (C=O) groups excluding carboxylic acids is 6. The number of hydrogen-bond donors (Lipinski definition) is 7. The Hall–Kier alpha value is -8.63. The Balaban J connectivity index is 1.26. The summed E-state index contributed by atoms with van der Waals surface area (Å²) in [6.07, 6.45) is -13.5. The molecular formula is C70H84F10N10O18P2. The fraction of sp³-hybridized carbons (Fsp3) is 0.529. The van der Waals surface area contributed by atoms with E-state index in [-0.39, 0.29) is 26.9 Å². The molecule has 8 rings (SSSR count). The molecule has 3 aliphatic rings. The summed E-state index contributed by atoms with van der Waals surface area (Å²) in [6.45, 7) is 1.84. The van der Waals surface area contributed by atoms with Crippen LogP contribution in [-0.4, -0.2) is 188 Å². The summed E-state index contributed by atoms with van der Waals surface area (Å²) in [5.41, 5.74) is -7.47. The number of piperazine rings is 1. The molecule has 40 heteroatoms. The van der Waals surface area contributed by atoms with Gasteiger partial charge < -0.3 is 48.8 Å². The average molecular weight is 1610 g/mol. The molecule has 3 aromatic carbocycles. The number of amides is 3. The number of alkyl halides is 8. The lowest BCUT2D eigenvalue weighted by molar-refractivity contribution is -0.231. The Kier molecular flexibility index (Phi) is 28.0. The topological polar surface area (TPSA) is 362 Å². The number of aryl methyl sites for hydroxylation is 1. The van der Waals surface area contributed by atoms with E-state index in [4.69, 9.17) is 14.0 Å². The number of rotatable bonds is 33. The summed E-state index contributed by atoms with van der Waals surface area (Å²) >= 11 is 0. The molecule has 3 amide bonds. The van der Waals surface area contributed by atoms with Crippen LogP contribution >= 0.6 is 15.6 Å². The number of aromatic nitrogens is 4. The van der Waals surface area contributed by atoms with Crippen LogP contribution in [0.1, 0.15) is 119 Å². The molecule has 110 heavy (non-hydrogen) atoms. The molecule has 7 N–H and O–H groups in total. The van der Waals surface area contributed by atoms with Crippen LogP contribution in [0.15, 0.2) is 73.2 Å². The van der Waals surface area contributed by atoms with E-state index in [1.54, 1.807) is 0 Å². The lowest BCUT2D eigenvalue weighted by Crippen LogP contribution is -2.62. The zero-order valence-corrected chi connectivity index (χ0v) is 62.8. The zero-order chi connectivity index (χ0) is 81.4. The highest BCUT2D eigenvalue weighted by Gasteiger charge is 2.57. The van der Waals surface area contributed by atoms with Crippen molar-refractivity contribution in [3.8, 4) is 28.8 Å². The molecule has 3 saturated heterocycles. The summed E-state index contributed by atoms with van der Waals surface area (Å²) in [5.74, 6) is -8.57. The van der Waals surface area contributed by atoms with Crippen molar-refractivity contribution in [1.29, 1.82) is 0 Å². The normalized spacial score (nSPS) is 17.1. The maximum absolute atomic E-state index is 16.9. The summed E-state index contributed by atoms with van der Waals surface area (Å²) in [4.78, 5) is 138.